The molecule has 3 aromatic heterocycles. The van der Waals surface area contributed by atoms with Crippen LogP contribution in [-0.4, -0.2) is 56.0 Å². The molecule has 1 N–H and O–H groups in total. The molecular weight excluding hydrogens is 434 g/mol. The van der Waals surface area contributed by atoms with Gasteiger partial charge in [-0.15, -0.1) is 0 Å². The van der Waals surface area contributed by atoms with Gasteiger partial charge in [-0.05, 0) is 44.0 Å². The number of imidazole rings is 1. The second kappa shape index (κ2) is 9.30. The summed E-state index contributed by atoms with van der Waals surface area (Å²) in [6.07, 6.45) is 9.52. The number of hydrogen-bond donors (Lipinski definition) is 1. The highest BCUT2D eigenvalue weighted by atomic mass is 15.4. The first-order valence-electron chi connectivity index (χ1n) is 12.8. The Balaban J connectivity index is 1.28. The molecule has 180 valence electrons. The molecule has 4 aromatic rings. The lowest BCUT2D eigenvalue weighted by atomic mass is 10.1. The number of fused-ring (bicyclic) bond motifs is 3. The molecule has 2 saturated heterocycles. The Morgan fingerprint density at radius 2 is 1.91 bits per heavy atom. The minimum Gasteiger partial charge on any atom is -0.364 e. The lowest BCUT2D eigenvalue weighted by molar-refractivity contribution is 0.234. The minimum absolute atomic E-state index is 0.160. The average Bonchev–Trinajstić information content (AvgIpc) is 3.63. The van der Waals surface area contributed by atoms with Crippen molar-refractivity contribution in [1.82, 2.24) is 24.3 Å². The summed E-state index contributed by atoms with van der Waals surface area (Å²) in [7, 11) is 0. The molecule has 7 heteroatoms. The Morgan fingerprint density at radius 3 is 2.71 bits per heavy atom. The normalized spacial score (nSPS) is 20.6. The molecule has 2 unspecified atom stereocenters. The number of anilines is 2. The van der Waals surface area contributed by atoms with E-state index in [4.69, 9.17) is 4.98 Å². The number of nitrogens with one attached hydrogen (secondary N) is 1. The molecule has 1 aromatic carbocycles. The quantitative estimate of drug-likeness (QED) is 0.392. The Labute approximate surface area is 206 Å². The largest absolute Gasteiger partial charge is 0.364 e. The van der Waals surface area contributed by atoms with Crippen molar-refractivity contribution in [3.8, 4) is 11.3 Å². The van der Waals surface area contributed by atoms with E-state index >= 15 is 0 Å². The van der Waals surface area contributed by atoms with Gasteiger partial charge in [0.05, 0.1) is 5.69 Å². The lowest BCUT2D eigenvalue weighted by Gasteiger charge is -2.35. The van der Waals surface area contributed by atoms with Crippen LogP contribution in [0.15, 0.2) is 67.1 Å². The van der Waals surface area contributed by atoms with Crippen LogP contribution in [0.5, 0.6) is 0 Å². The van der Waals surface area contributed by atoms with Gasteiger partial charge < -0.3 is 10.2 Å². The number of nitrogens with zero attached hydrogens (tertiary/aromatic N) is 6. The van der Waals surface area contributed by atoms with Crippen molar-refractivity contribution < 1.29 is 0 Å². The summed E-state index contributed by atoms with van der Waals surface area (Å²) in [5.74, 6) is 1.85. The van der Waals surface area contributed by atoms with Crippen LogP contribution in [0.4, 0.5) is 11.8 Å². The zero-order chi connectivity index (χ0) is 23.8. The van der Waals surface area contributed by atoms with Crippen LogP contribution in [0, 0.1) is 0 Å². The predicted octanol–water partition coefficient (Wildman–Crippen LogP) is 5.03. The van der Waals surface area contributed by atoms with Gasteiger partial charge in [0.2, 0.25) is 5.95 Å². The van der Waals surface area contributed by atoms with Crippen LogP contribution in [0.3, 0.4) is 0 Å². The lowest BCUT2D eigenvalue weighted by Crippen LogP contribution is -2.47. The summed E-state index contributed by atoms with van der Waals surface area (Å²) < 4.78 is 2.14. The summed E-state index contributed by atoms with van der Waals surface area (Å²) in [5, 5.41) is 3.54. The van der Waals surface area contributed by atoms with Gasteiger partial charge in [-0.2, -0.15) is 0 Å². The van der Waals surface area contributed by atoms with E-state index in [0.29, 0.717) is 12.1 Å². The number of benzene rings is 1. The summed E-state index contributed by atoms with van der Waals surface area (Å²) in [5.41, 5.74) is 4.14. The van der Waals surface area contributed by atoms with E-state index in [-0.39, 0.29) is 6.04 Å². The molecule has 0 saturated carbocycles. The van der Waals surface area contributed by atoms with Gasteiger partial charge >= 0.3 is 0 Å². The van der Waals surface area contributed by atoms with Gasteiger partial charge in [-0.3, -0.25) is 9.30 Å². The number of likely N-dealkylation sites (tertiary alicyclic amines) is 1. The number of aromatic nitrogens is 4. The maximum Gasteiger partial charge on any atom is 0.212 e. The third kappa shape index (κ3) is 4.25. The summed E-state index contributed by atoms with van der Waals surface area (Å²) in [6, 6.07) is 18.0. The maximum absolute atomic E-state index is 5.18. The van der Waals surface area contributed by atoms with Crippen molar-refractivity contribution in [2.24, 2.45) is 0 Å². The van der Waals surface area contributed by atoms with Crippen LogP contribution >= 0.6 is 0 Å². The number of unbranched alkanes of at least 4 members (excludes halogenated alkanes) is 1. The molecule has 3 atom stereocenters. The maximum atomic E-state index is 5.18. The first-order chi connectivity index (χ1) is 17.2. The Kier molecular flexibility index (Phi) is 5.86. The SMILES string of the molecule is CCCCN1CC2CC1CN2c1nc(-c2ccnc(N[C@@H](C)c3ccccc3)c2)cc2nccn12. The third-order valence-corrected chi connectivity index (χ3v) is 7.50. The fourth-order valence-corrected chi connectivity index (χ4v) is 5.60. The topological polar surface area (TPSA) is 61.6 Å². The molecule has 0 aliphatic carbocycles. The highest BCUT2D eigenvalue weighted by Crippen LogP contribution is 2.35. The van der Waals surface area contributed by atoms with Crippen LogP contribution in [0.1, 0.15) is 44.7 Å². The van der Waals surface area contributed by atoms with Crippen molar-refractivity contribution in [2.45, 2.75) is 51.2 Å². The highest BCUT2D eigenvalue weighted by molar-refractivity contribution is 5.68. The van der Waals surface area contributed by atoms with E-state index in [1.807, 2.05) is 30.7 Å². The summed E-state index contributed by atoms with van der Waals surface area (Å²) in [6.45, 7) is 7.81. The first kappa shape index (κ1) is 22.0. The van der Waals surface area contributed by atoms with E-state index in [2.05, 4.69) is 79.7 Å². The molecule has 6 rings (SSSR count). The molecule has 2 aliphatic rings. The second-order valence-corrected chi connectivity index (χ2v) is 9.85. The van der Waals surface area contributed by atoms with Gasteiger partial charge in [0, 0.05) is 61.4 Å². The standard InChI is InChI=1S/C28H33N7/c1-3-4-13-33-18-24-16-23(33)19-35(24)28-32-25(17-27-30-12-14-34(27)28)22-10-11-29-26(15-22)31-20(2)21-8-6-5-7-9-21/h5-12,14-15,17,20,23-24H,3-4,13,16,18-19H2,1-2H3,(H,29,31)/t20-,23?,24?/m0/s1. The van der Waals surface area contributed by atoms with Gasteiger partial charge in [0.15, 0.2) is 0 Å². The second-order valence-electron chi connectivity index (χ2n) is 9.85. The Morgan fingerprint density at radius 1 is 1.03 bits per heavy atom. The Hall–Kier alpha value is -3.45. The zero-order valence-corrected chi connectivity index (χ0v) is 20.5. The summed E-state index contributed by atoms with van der Waals surface area (Å²) in [4.78, 5) is 19.6. The number of piperazine rings is 1. The molecule has 2 bridgehead atoms. The zero-order valence-electron chi connectivity index (χ0n) is 20.5. The number of pyridine rings is 1. The van der Waals surface area contributed by atoms with Gasteiger partial charge in [0.1, 0.15) is 11.5 Å². The average molecular weight is 468 g/mol. The van der Waals surface area contributed by atoms with E-state index in [9.17, 15) is 0 Å². The van der Waals surface area contributed by atoms with Crippen molar-refractivity contribution in [2.75, 3.05) is 29.9 Å². The van der Waals surface area contributed by atoms with E-state index in [0.717, 1.165) is 41.8 Å². The fraction of sp³-hybridized carbons (Fsp3) is 0.393. The third-order valence-electron chi connectivity index (χ3n) is 7.50. The molecule has 2 fully saturated rings. The van der Waals surface area contributed by atoms with Crippen molar-refractivity contribution in [3.63, 3.8) is 0 Å². The smallest absolute Gasteiger partial charge is 0.212 e. The van der Waals surface area contributed by atoms with E-state index < -0.39 is 0 Å². The molecule has 35 heavy (non-hydrogen) atoms. The van der Waals surface area contributed by atoms with Gasteiger partial charge in [-0.25, -0.2) is 15.0 Å². The molecule has 0 spiro atoms. The van der Waals surface area contributed by atoms with Gasteiger partial charge in [0.25, 0.3) is 0 Å². The van der Waals surface area contributed by atoms with E-state index in [1.54, 1.807) is 0 Å². The molecule has 5 heterocycles. The van der Waals surface area contributed by atoms with E-state index in [1.165, 1.54) is 31.4 Å². The van der Waals surface area contributed by atoms with Crippen LogP contribution < -0.4 is 10.2 Å². The predicted molar refractivity (Wildman–Crippen MR) is 141 cm³/mol. The molecule has 0 amide bonds. The van der Waals surface area contributed by atoms with Crippen molar-refractivity contribution in [3.05, 3.63) is 72.7 Å². The first-order valence-corrected chi connectivity index (χ1v) is 12.8. The molecular formula is C28H33N7. The van der Waals surface area contributed by atoms with Crippen molar-refractivity contribution >= 4 is 17.4 Å². The van der Waals surface area contributed by atoms with Crippen LogP contribution in [0.25, 0.3) is 16.9 Å². The minimum atomic E-state index is 0.160. The van der Waals surface area contributed by atoms with Gasteiger partial charge in [-0.1, -0.05) is 43.7 Å². The van der Waals surface area contributed by atoms with Crippen molar-refractivity contribution in [1.29, 1.82) is 0 Å². The summed E-state index contributed by atoms with van der Waals surface area (Å²) >= 11 is 0. The fourth-order valence-electron chi connectivity index (χ4n) is 5.60. The molecule has 7 nitrogen and oxygen atoms in total. The number of rotatable bonds is 8. The molecule has 2 aliphatic heterocycles. The van der Waals surface area contributed by atoms with Crippen LogP contribution in [0.2, 0.25) is 0 Å². The highest BCUT2D eigenvalue weighted by Gasteiger charge is 2.44. The van der Waals surface area contributed by atoms with Crippen LogP contribution in [-0.2, 0) is 0 Å². The number of hydrogen-bond acceptors (Lipinski definition) is 6. The molecule has 0 radical (unpaired) electrons. The monoisotopic (exact) mass is 467 g/mol. The Bertz CT molecular complexity index is 1300.